The molecule has 0 saturated carbocycles. The number of amides is 2. The summed E-state index contributed by atoms with van der Waals surface area (Å²) in [6.45, 7) is 2.18. The van der Waals surface area contributed by atoms with Crippen LogP contribution < -0.4 is 11.1 Å². The Labute approximate surface area is 197 Å². The Morgan fingerprint density at radius 2 is 1.97 bits per heavy atom. The summed E-state index contributed by atoms with van der Waals surface area (Å²) in [4.78, 5) is 30.1. The lowest BCUT2D eigenvalue weighted by molar-refractivity contribution is -0.127. The molecule has 0 radical (unpaired) electrons. The van der Waals surface area contributed by atoms with Gasteiger partial charge in [0.2, 0.25) is 5.91 Å². The van der Waals surface area contributed by atoms with Gasteiger partial charge in [-0.15, -0.1) is 0 Å². The molecule has 170 valence electrons. The molecular weight excluding hydrogens is 440 g/mol. The van der Waals surface area contributed by atoms with Crippen LogP contribution in [0.25, 0.3) is 22.4 Å². The van der Waals surface area contributed by atoms with E-state index in [0.717, 1.165) is 30.5 Å². The van der Waals surface area contributed by atoms with E-state index in [2.05, 4.69) is 5.32 Å². The Bertz CT molecular complexity index is 1200. The summed E-state index contributed by atoms with van der Waals surface area (Å²) in [6, 6.07) is 16.0. The smallest absolute Gasteiger partial charge is 0.252 e. The maximum Gasteiger partial charge on any atom is 0.252 e. The highest BCUT2D eigenvalue weighted by Gasteiger charge is 2.19. The van der Waals surface area contributed by atoms with Crippen molar-refractivity contribution in [1.82, 2.24) is 9.88 Å². The van der Waals surface area contributed by atoms with Crippen LogP contribution in [0.2, 0.25) is 5.02 Å². The van der Waals surface area contributed by atoms with Crippen LogP contribution in [-0.4, -0.2) is 46.4 Å². The van der Waals surface area contributed by atoms with Crippen LogP contribution in [-0.2, 0) is 4.79 Å². The molecule has 4 N–H and O–H groups in total. The number of carbonyl (C=O) groups excluding carboxylic acids is 2. The first-order valence-corrected chi connectivity index (χ1v) is 11.2. The fourth-order valence-electron chi connectivity index (χ4n) is 3.94. The van der Waals surface area contributed by atoms with Crippen LogP contribution in [0.1, 0.15) is 29.6 Å². The van der Waals surface area contributed by atoms with Crippen molar-refractivity contribution in [2.24, 2.45) is 5.73 Å². The molecule has 1 aromatic heterocycles. The number of likely N-dealkylation sites (tertiary alicyclic amines) is 1. The average Bonchev–Trinajstić information content (AvgIpc) is 3.21. The largest absolute Gasteiger partial charge is 0.507 e. The summed E-state index contributed by atoms with van der Waals surface area (Å²) in [5.74, 6) is -0.0349. The quantitative estimate of drug-likeness (QED) is 0.431. The van der Waals surface area contributed by atoms with Crippen LogP contribution in [0.4, 0.5) is 5.82 Å². The summed E-state index contributed by atoms with van der Waals surface area (Å²) in [5.41, 5.74) is 8.38. The lowest BCUT2D eigenvalue weighted by atomic mass is 10.0. The Balaban J connectivity index is 1.63. The molecule has 2 heterocycles. The SMILES string of the molecule is NC(=O)c1cc(-c2cc(-c3ccccc3Cl)cc(NCCCN3CCCC3=O)n2)ccc1O. The molecule has 1 saturated heterocycles. The van der Waals surface area contributed by atoms with Crippen molar-refractivity contribution < 1.29 is 14.7 Å². The normalized spacial score (nSPS) is 13.4. The van der Waals surface area contributed by atoms with Gasteiger partial charge in [-0.2, -0.15) is 0 Å². The second kappa shape index (κ2) is 9.92. The molecular formula is C25H25ClN4O3. The standard InChI is InChI=1S/C25H25ClN4O3/c26-20-6-2-1-5-18(20)17-14-21(16-8-9-22(31)19(13-16)25(27)33)29-23(15-17)28-10-4-12-30-11-3-7-24(30)32/h1-2,5-6,8-9,13-15,31H,3-4,7,10-12H2,(H2,27,33)(H,28,29). The van der Waals surface area contributed by atoms with Gasteiger partial charge < -0.3 is 21.1 Å². The minimum atomic E-state index is -0.716. The molecule has 33 heavy (non-hydrogen) atoms. The number of pyridine rings is 1. The van der Waals surface area contributed by atoms with Gasteiger partial charge in [0.25, 0.3) is 5.91 Å². The first kappa shape index (κ1) is 22.6. The summed E-state index contributed by atoms with van der Waals surface area (Å²) in [5, 5.41) is 13.9. The number of primary amides is 1. The van der Waals surface area contributed by atoms with Gasteiger partial charge in [0, 0.05) is 42.2 Å². The minimum Gasteiger partial charge on any atom is -0.507 e. The fraction of sp³-hybridized carbons (Fsp3) is 0.240. The maximum absolute atomic E-state index is 11.8. The molecule has 0 aliphatic carbocycles. The second-order valence-electron chi connectivity index (χ2n) is 7.97. The number of phenols is 1. The predicted octanol–water partition coefficient (Wildman–Crippen LogP) is 4.30. The molecule has 4 rings (SSSR count). The van der Waals surface area contributed by atoms with Crippen LogP contribution in [0.3, 0.4) is 0 Å². The van der Waals surface area contributed by atoms with Crippen LogP contribution >= 0.6 is 11.6 Å². The van der Waals surface area contributed by atoms with Crippen LogP contribution in [0, 0.1) is 0 Å². The number of hydrogen-bond acceptors (Lipinski definition) is 5. The molecule has 8 heteroatoms. The molecule has 3 aromatic rings. The maximum atomic E-state index is 11.8. The number of hydrogen-bond donors (Lipinski definition) is 3. The molecule has 2 aromatic carbocycles. The van der Waals surface area contributed by atoms with E-state index in [9.17, 15) is 14.7 Å². The van der Waals surface area contributed by atoms with Crippen molar-refractivity contribution in [2.45, 2.75) is 19.3 Å². The summed E-state index contributed by atoms with van der Waals surface area (Å²) >= 11 is 6.44. The zero-order valence-corrected chi connectivity index (χ0v) is 18.8. The first-order valence-electron chi connectivity index (χ1n) is 10.8. The number of aromatic nitrogens is 1. The third kappa shape index (κ3) is 5.26. The third-order valence-electron chi connectivity index (χ3n) is 5.65. The zero-order chi connectivity index (χ0) is 23.4. The molecule has 0 atom stereocenters. The molecule has 1 aliphatic rings. The third-order valence-corrected chi connectivity index (χ3v) is 5.98. The number of carbonyl (C=O) groups is 2. The van der Waals surface area contributed by atoms with E-state index in [0.29, 0.717) is 41.6 Å². The predicted molar refractivity (Wildman–Crippen MR) is 129 cm³/mol. The van der Waals surface area contributed by atoms with E-state index >= 15 is 0 Å². The van der Waals surface area contributed by atoms with Crippen LogP contribution in [0.5, 0.6) is 5.75 Å². The lowest BCUT2D eigenvalue weighted by Gasteiger charge is -2.16. The van der Waals surface area contributed by atoms with Crippen molar-refractivity contribution in [3.05, 3.63) is 65.2 Å². The summed E-state index contributed by atoms with van der Waals surface area (Å²) < 4.78 is 0. The molecule has 0 unspecified atom stereocenters. The number of benzene rings is 2. The van der Waals surface area contributed by atoms with Gasteiger partial charge in [0.05, 0.1) is 11.3 Å². The number of rotatable bonds is 8. The fourth-order valence-corrected chi connectivity index (χ4v) is 4.18. The van der Waals surface area contributed by atoms with Gasteiger partial charge in [-0.05, 0) is 54.8 Å². The number of nitrogens with two attached hydrogens (primary N) is 1. The van der Waals surface area contributed by atoms with Gasteiger partial charge in [-0.1, -0.05) is 29.8 Å². The zero-order valence-electron chi connectivity index (χ0n) is 18.1. The molecule has 0 bridgehead atoms. The highest BCUT2D eigenvalue weighted by Crippen LogP contribution is 2.33. The Morgan fingerprint density at radius 3 is 2.70 bits per heavy atom. The molecule has 0 spiro atoms. The first-order chi connectivity index (χ1) is 15.9. The Kier molecular flexibility index (Phi) is 6.79. The van der Waals surface area contributed by atoms with E-state index in [1.54, 1.807) is 6.07 Å². The van der Waals surface area contributed by atoms with E-state index in [1.165, 1.54) is 12.1 Å². The molecule has 1 aliphatic heterocycles. The van der Waals surface area contributed by atoms with Crippen molar-refractivity contribution in [2.75, 3.05) is 25.0 Å². The number of nitrogens with zero attached hydrogens (tertiary/aromatic N) is 2. The minimum absolute atomic E-state index is 0.0298. The Hall–Kier alpha value is -3.58. The lowest BCUT2D eigenvalue weighted by Crippen LogP contribution is -2.27. The van der Waals surface area contributed by atoms with E-state index in [-0.39, 0.29) is 17.2 Å². The van der Waals surface area contributed by atoms with E-state index in [1.807, 2.05) is 41.3 Å². The topological polar surface area (TPSA) is 109 Å². The van der Waals surface area contributed by atoms with Crippen molar-refractivity contribution in [3.8, 4) is 28.1 Å². The number of halogens is 1. The van der Waals surface area contributed by atoms with Crippen molar-refractivity contribution in [1.29, 1.82) is 0 Å². The monoisotopic (exact) mass is 464 g/mol. The average molecular weight is 465 g/mol. The highest BCUT2D eigenvalue weighted by atomic mass is 35.5. The second-order valence-corrected chi connectivity index (χ2v) is 8.37. The molecule has 7 nitrogen and oxygen atoms in total. The number of nitrogens with one attached hydrogen (secondary N) is 1. The molecule has 1 fully saturated rings. The number of aromatic hydroxyl groups is 1. The van der Waals surface area contributed by atoms with Crippen molar-refractivity contribution >= 4 is 29.2 Å². The summed E-state index contributed by atoms with van der Waals surface area (Å²) in [6.07, 6.45) is 2.36. The van der Waals surface area contributed by atoms with E-state index < -0.39 is 5.91 Å². The van der Waals surface area contributed by atoms with E-state index in [4.69, 9.17) is 22.3 Å². The van der Waals surface area contributed by atoms with Gasteiger partial charge in [0.1, 0.15) is 11.6 Å². The summed E-state index contributed by atoms with van der Waals surface area (Å²) in [7, 11) is 0. The van der Waals surface area contributed by atoms with Crippen molar-refractivity contribution in [3.63, 3.8) is 0 Å². The van der Waals surface area contributed by atoms with Gasteiger partial charge in [-0.3, -0.25) is 9.59 Å². The van der Waals surface area contributed by atoms with Gasteiger partial charge in [-0.25, -0.2) is 4.98 Å². The van der Waals surface area contributed by atoms with Gasteiger partial charge >= 0.3 is 0 Å². The van der Waals surface area contributed by atoms with Gasteiger partial charge in [0.15, 0.2) is 0 Å². The molecule has 2 amide bonds. The van der Waals surface area contributed by atoms with Crippen LogP contribution in [0.15, 0.2) is 54.6 Å². The Morgan fingerprint density at radius 1 is 1.15 bits per heavy atom. The number of anilines is 1. The highest BCUT2D eigenvalue weighted by molar-refractivity contribution is 6.33.